The standard InChI is InChI=1S/C18H20N2O3/c1-3-23-18(22)13(2)17(21)19-12-15-10-7-11-16(20-15)14-8-5-4-6-9-14/h4-11,13H,3,12H2,1-2H3,(H,19,21). The minimum atomic E-state index is -0.827. The van der Waals surface area contributed by atoms with E-state index in [1.165, 1.54) is 6.92 Å². The molecule has 0 fully saturated rings. The van der Waals surface area contributed by atoms with Gasteiger partial charge in [-0.1, -0.05) is 36.4 Å². The van der Waals surface area contributed by atoms with Gasteiger partial charge in [-0.3, -0.25) is 14.6 Å². The molecule has 5 heteroatoms. The zero-order valence-corrected chi connectivity index (χ0v) is 13.3. The van der Waals surface area contributed by atoms with Crippen LogP contribution in [-0.4, -0.2) is 23.5 Å². The van der Waals surface area contributed by atoms with E-state index in [0.717, 1.165) is 17.0 Å². The largest absolute Gasteiger partial charge is 0.465 e. The fourth-order valence-electron chi connectivity index (χ4n) is 2.05. The van der Waals surface area contributed by atoms with Crippen LogP contribution < -0.4 is 5.32 Å². The number of carbonyl (C=O) groups is 2. The van der Waals surface area contributed by atoms with Gasteiger partial charge in [0.25, 0.3) is 0 Å². The highest BCUT2D eigenvalue weighted by atomic mass is 16.5. The number of ether oxygens (including phenoxy) is 1. The molecule has 1 heterocycles. The molecule has 2 aromatic rings. The first-order valence-electron chi connectivity index (χ1n) is 7.57. The third kappa shape index (κ3) is 4.64. The molecule has 120 valence electrons. The monoisotopic (exact) mass is 312 g/mol. The van der Waals surface area contributed by atoms with Crippen LogP contribution in [0.15, 0.2) is 48.5 Å². The van der Waals surface area contributed by atoms with Gasteiger partial charge in [0.1, 0.15) is 5.92 Å². The molecule has 0 spiro atoms. The van der Waals surface area contributed by atoms with Gasteiger partial charge in [0, 0.05) is 5.56 Å². The summed E-state index contributed by atoms with van der Waals surface area (Å²) in [6.45, 7) is 3.77. The molecule has 1 atom stereocenters. The van der Waals surface area contributed by atoms with E-state index in [-0.39, 0.29) is 19.1 Å². The highest BCUT2D eigenvalue weighted by Crippen LogP contribution is 2.16. The van der Waals surface area contributed by atoms with Crippen LogP contribution in [0.2, 0.25) is 0 Å². The SMILES string of the molecule is CCOC(=O)C(C)C(=O)NCc1cccc(-c2ccccc2)n1. The van der Waals surface area contributed by atoms with Crippen LogP contribution in [0.4, 0.5) is 0 Å². The van der Waals surface area contributed by atoms with E-state index >= 15 is 0 Å². The molecule has 1 unspecified atom stereocenters. The predicted molar refractivity (Wildman–Crippen MR) is 87.3 cm³/mol. The summed E-state index contributed by atoms with van der Waals surface area (Å²) < 4.78 is 4.84. The number of nitrogens with one attached hydrogen (secondary N) is 1. The minimum absolute atomic E-state index is 0.261. The number of carbonyl (C=O) groups excluding carboxylic acids is 2. The molecule has 1 aromatic carbocycles. The van der Waals surface area contributed by atoms with Gasteiger partial charge in [0.2, 0.25) is 5.91 Å². The molecule has 1 N–H and O–H groups in total. The first-order valence-corrected chi connectivity index (χ1v) is 7.57. The maximum absolute atomic E-state index is 11.9. The highest BCUT2D eigenvalue weighted by Gasteiger charge is 2.22. The quantitative estimate of drug-likeness (QED) is 0.657. The number of esters is 1. The molecule has 0 aliphatic carbocycles. The number of hydrogen-bond donors (Lipinski definition) is 1. The summed E-state index contributed by atoms with van der Waals surface area (Å²) in [5.74, 6) is -1.71. The lowest BCUT2D eigenvalue weighted by atomic mass is 10.1. The van der Waals surface area contributed by atoms with Crippen molar-refractivity contribution in [1.82, 2.24) is 10.3 Å². The summed E-state index contributed by atoms with van der Waals surface area (Å²) >= 11 is 0. The molecule has 1 aromatic heterocycles. The van der Waals surface area contributed by atoms with Crippen LogP contribution in [-0.2, 0) is 20.9 Å². The Morgan fingerprint density at radius 3 is 2.57 bits per heavy atom. The Morgan fingerprint density at radius 2 is 1.87 bits per heavy atom. The molecule has 0 saturated heterocycles. The molecule has 0 saturated carbocycles. The van der Waals surface area contributed by atoms with Crippen molar-refractivity contribution in [3.63, 3.8) is 0 Å². The van der Waals surface area contributed by atoms with Crippen molar-refractivity contribution in [2.75, 3.05) is 6.61 Å². The second kappa shape index (κ2) is 8.08. The Morgan fingerprint density at radius 1 is 1.13 bits per heavy atom. The van der Waals surface area contributed by atoms with E-state index in [1.54, 1.807) is 6.92 Å². The number of amides is 1. The Labute approximate surface area is 135 Å². The molecule has 5 nitrogen and oxygen atoms in total. The minimum Gasteiger partial charge on any atom is -0.465 e. The molecular formula is C18H20N2O3. The lowest BCUT2D eigenvalue weighted by Crippen LogP contribution is -2.34. The number of aromatic nitrogens is 1. The number of hydrogen-bond acceptors (Lipinski definition) is 4. The first-order chi connectivity index (χ1) is 11.1. The Balaban J connectivity index is 1.99. The zero-order valence-electron chi connectivity index (χ0n) is 13.3. The molecule has 23 heavy (non-hydrogen) atoms. The van der Waals surface area contributed by atoms with Crippen molar-refractivity contribution in [3.8, 4) is 11.3 Å². The molecule has 0 bridgehead atoms. The predicted octanol–water partition coefficient (Wildman–Crippen LogP) is 2.56. The van der Waals surface area contributed by atoms with E-state index in [2.05, 4.69) is 10.3 Å². The second-order valence-electron chi connectivity index (χ2n) is 5.07. The van der Waals surface area contributed by atoms with E-state index < -0.39 is 11.9 Å². The summed E-state index contributed by atoms with van der Waals surface area (Å²) in [4.78, 5) is 28.0. The lowest BCUT2D eigenvalue weighted by Gasteiger charge is -2.11. The Hall–Kier alpha value is -2.69. The number of rotatable bonds is 6. The normalized spacial score (nSPS) is 11.6. The van der Waals surface area contributed by atoms with Gasteiger partial charge in [-0.15, -0.1) is 0 Å². The number of pyridine rings is 1. The first kappa shape index (κ1) is 16.7. The molecule has 1 amide bonds. The fraction of sp³-hybridized carbons (Fsp3) is 0.278. The second-order valence-corrected chi connectivity index (χ2v) is 5.07. The van der Waals surface area contributed by atoms with Crippen LogP contribution in [0.3, 0.4) is 0 Å². The van der Waals surface area contributed by atoms with Gasteiger partial charge in [-0.05, 0) is 26.0 Å². The third-order valence-electron chi connectivity index (χ3n) is 3.35. The van der Waals surface area contributed by atoms with Crippen molar-refractivity contribution in [2.45, 2.75) is 20.4 Å². The van der Waals surface area contributed by atoms with E-state index in [4.69, 9.17) is 4.74 Å². The van der Waals surface area contributed by atoms with Crippen LogP contribution in [0.25, 0.3) is 11.3 Å². The van der Waals surface area contributed by atoms with Crippen LogP contribution >= 0.6 is 0 Å². The average Bonchev–Trinajstić information content (AvgIpc) is 2.60. The third-order valence-corrected chi connectivity index (χ3v) is 3.35. The van der Waals surface area contributed by atoms with E-state index in [0.29, 0.717) is 0 Å². The van der Waals surface area contributed by atoms with E-state index in [1.807, 2.05) is 48.5 Å². The zero-order chi connectivity index (χ0) is 16.7. The Bertz CT molecular complexity index is 671. The molecule has 2 rings (SSSR count). The summed E-state index contributed by atoms with van der Waals surface area (Å²) in [7, 11) is 0. The molecule has 0 aliphatic heterocycles. The van der Waals surface area contributed by atoms with Gasteiger partial charge in [-0.2, -0.15) is 0 Å². The van der Waals surface area contributed by atoms with Crippen LogP contribution in [0.5, 0.6) is 0 Å². The highest BCUT2D eigenvalue weighted by molar-refractivity contribution is 5.97. The van der Waals surface area contributed by atoms with Crippen LogP contribution in [0.1, 0.15) is 19.5 Å². The maximum Gasteiger partial charge on any atom is 0.318 e. The van der Waals surface area contributed by atoms with Crippen LogP contribution in [0, 0.1) is 5.92 Å². The van der Waals surface area contributed by atoms with Gasteiger partial charge in [-0.25, -0.2) is 0 Å². The fourth-order valence-corrected chi connectivity index (χ4v) is 2.05. The number of benzene rings is 1. The molecule has 0 radical (unpaired) electrons. The summed E-state index contributed by atoms with van der Waals surface area (Å²) in [5, 5.41) is 2.71. The summed E-state index contributed by atoms with van der Waals surface area (Å²) in [5.41, 5.74) is 2.59. The van der Waals surface area contributed by atoms with Crippen molar-refractivity contribution in [1.29, 1.82) is 0 Å². The van der Waals surface area contributed by atoms with Gasteiger partial charge >= 0.3 is 5.97 Å². The van der Waals surface area contributed by atoms with Crippen molar-refractivity contribution < 1.29 is 14.3 Å². The van der Waals surface area contributed by atoms with Gasteiger partial charge < -0.3 is 10.1 Å². The summed E-state index contributed by atoms with van der Waals surface area (Å²) in [6, 6.07) is 15.5. The van der Waals surface area contributed by atoms with Gasteiger partial charge in [0.15, 0.2) is 0 Å². The van der Waals surface area contributed by atoms with Gasteiger partial charge in [0.05, 0.1) is 24.5 Å². The lowest BCUT2D eigenvalue weighted by molar-refractivity contribution is -0.151. The molecule has 0 aliphatic rings. The smallest absolute Gasteiger partial charge is 0.318 e. The molecular weight excluding hydrogens is 292 g/mol. The van der Waals surface area contributed by atoms with Crippen molar-refractivity contribution >= 4 is 11.9 Å². The number of nitrogens with zero attached hydrogens (tertiary/aromatic N) is 1. The maximum atomic E-state index is 11.9. The Kier molecular flexibility index (Phi) is 5.86. The van der Waals surface area contributed by atoms with Crippen molar-refractivity contribution in [3.05, 3.63) is 54.2 Å². The van der Waals surface area contributed by atoms with E-state index in [9.17, 15) is 9.59 Å². The average molecular weight is 312 g/mol. The van der Waals surface area contributed by atoms with Crippen molar-refractivity contribution in [2.24, 2.45) is 5.92 Å². The summed E-state index contributed by atoms with van der Waals surface area (Å²) in [6.07, 6.45) is 0. The topological polar surface area (TPSA) is 68.3 Å².